The Morgan fingerprint density at radius 2 is 1.33 bits per heavy atom. The van der Waals surface area contributed by atoms with Crippen molar-refractivity contribution < 1.29 is 19.1 Å². The van der Waals surface area contributed by atoms with Gasteiger partial charge < -0.3 is 20.1 Å². The number of aromatic nitrogens is 2. The summed E-state index contributed by atoms with van der Waals surface area (Å²) in [5.74, 6) is 0.645. The van der Waals surface area contributed by atoms with Gasteiger partial charge in [-0.25, -0.2) is 0 Å². The molecule has 1 aromatic heterocycles. The van der Waals surface area contributed by atoms with Crippen LogP contribution in [0.3, 0.4) is 0 Å². The van der Waals surface area contributed by atoms with Crippen molar-refractivity contribution in [3.05, 3.63) is 65.0 Å². The molecule has 2 aromatic carbocycles. The van der Waals surface area contributed by atoms with E-state index >= 15 is 0 Å². The average Bonchev–Trinajstić information content (AvgIpc) is 3.12. The first-order valence-corrected chi connectivity index (χ1v) is 9.28. The molecule has 0 aliphatic heterocycles. The fourth-order valence-corrected chi connectivity index (χ4v) is 2.97. The molecule has 3 aromatic rings. The quantitative estimate of drug-likeness (QED) is 0.650. The van der Waals surface area contributed by atoms with Crippen LogP contribution in [0.2, 0.25) is 0 Å². The number of aryl methyl sites for hydroxylation is 3. The maximum atomic E-state index is 12.7. The number of anilines is 2. The number of carbonyl (C=O) groups excluding carboxylic acids is 2. The summed E-state index contributed by atoms with van der Waals surface area (Å²) < 4.78 is 11.7. The molecule has 2 amide bonds. The smallest absolute Gasteiger partial charge is 0.276 e. The van der Waals surface area contributed by atoms with Crippen LogP contribution in [-0.4, -0.2) is 35.8 Å². The zero-order valence-corrected chi connectivity index (χ0v) is 17.6. The molecule has 1 heterocycles. The molecule has 2 N–H and O–H groups in total. The van der Waals surface area contributed by atoms with Gasteiger partial charge in [0, 0.05) is 24.5 Å². The van der Waals surface area contributed by atoms with Crippen LogP contribution in [0.1, 0.15) is 32.1 Å². The summed E-state index contributed by atoms with van der Waals surface area (Å²) in [6.45, 7) is 3.74. The largest absolute Gasteiger partial charge is 0.497 e. The van der Waals surface area contributed by atoms with E-state index < -0.39 is 5.91 Å². The van der Waals surface area contributed by atoms with Crippen LogP contribution >= 0.6 is 0 Å². The first kappa shape index (κ1) is 20.9. The van der Waals surface area contributed by atoms with Gasteiger partial charge in [0.1, 0.15) is 17.2 Å². The van der Waals surface area contributed by atoms with Crippen molar-refractivity contribution in [2.24, 2.45) is 7.05 Å². The molecule has 8 nitrogen and oxygen atoms in total. The van der Waals surface area contributed by atoms with Gasteiger partial charge in [0.25, 0.3) is 11.8 Å². The van der Waals surface area contributed by atoms with Crippen molar-refractivity contribution in [2.45, 2.75) is 13.8 Å². The summed E-state index contributed by atoms with van der Waals surface area (Å²) >= 11 is 0. The van der Waals surface area contributed by atoms with Crippen molar-refractivity contribution in [3.63, 3.8) is 0 Å². The molecule has 0 unspecified atom stereocenters. The van der Waals surface area contributed by atoms with Crippen LogP contribution in [0.5, 0.6) is 11.5 Å². The van der Waals surface area contributed by atoms with Crippen LogP contribution in [0.25, 0.3) is 0 Å². The van der Waals surface area contributed by atoms with Gasteiger partial charge in [0.15, 0.2) is 5.69 Å². The zero-order chi connectivity index (χ0) is 21.8. The summed E-state index contributed by atoms with van der Waals surface area (Å²) in [7, 11) is 4.79. The molecular formula is C22H24N4O4. The summed E-state index contributed by atoms with van der Waals surface area (Å²) in [4.78, 5) is 25.3. The third-order valence-corrected chi connectivity index (χ3v) is 4.71. The Kier molecular flexibility index (Phi) is 6.06. The monoisotopic (exact) mass is 408 g/mol. The van der Waals surface area contributed by atoms with E-state index in [0.717, 1.165) is 11.1 Å². The first-order valence-electron chi connectivity index (χ1n) is 9.28. The van der Waals surface area contributed by atoms with Gasteiger partial charge in [-0.05, 0) is 61.4 Å². The van der Waals surface area contributed by atoms with E-state index in [1.807, 2.05) is 26.0 Å². The van der Waals surface area contributed by atoms with Gasteiger partial charge in [-0.1, -0.05) is 0 Å². The lowest BCUT2D eigenvalue weighted by Crippen LogP contribution is -2.16. The van der Waals surface area contributed by atoms with Crippen LogP contribution < -0.4 is 20.1 Å². The molecule has 3 rings (SSSR count). The number of ether oxygens (including phenoxy) is 2. The number of hydrogen-bond acceptors (Lipinski definition) is 5. The molecule has 0 spiro atoms. The van der Waals surface area contributed by atoms with E-state index in [2.05, 4.69) is 15.7 Å². The SMILES string of the molecule is COc1ccc(NC(=O)c2cc(C(=O)Nc3ccc(OC)cc3C)n(C)n2)c(C)c1. The van der Waals surface area contributed by atoms with E-state index in [1.54, 1.807) is 45.5 Å². The Balaban J connectivity index is 1.76. The second-order valence-electron chi connectivity index (χ2n) is 6.81. The van der Waals surface area contributed by atoms with Crippen molar-refractivity contribution in [2.75, 3.05) is 24.9 Å². The number of methoxy groups -OCH3 is 2. The van der Waals surface area contributed by atoms with Crippen molar-refractivity contribution >= 4 is 23.2 Å². The number of carbonyl (C=O) groups is 2. The van der Waals surface area contributed by atoms with E-state index in [-0.39, 0.29) is 17.3 Å². The number of nitrogens with zero attached hydrogens (tertiary/aromatic N) is 2. The zero-order valence-electron chi connectivity index (χ0n) is 17.6. The molecule has 0 saturated heterocycles. The molecule has 0 saturated carbocycles. The van der Waals surface area contributed by atoms with Crippen molar-refractivity contribution in [1.29, 1.82) is 0 Å². The second kappa shape index (κ2) is 8.69. The third kappa shape index (κ3) is 4.43. The number of hydrogen-bond donors (Lipinski definition) is 2. The number of benzene rings is 2. The maximum absolute atomic E-state index is 12.7. The average molecular weight is 408 g/mol. The predicted molar refractivity (Wildman–Crippen MR) is 115 cm³/mol. The first-order chi connectivity index (χ1) is 14.3. The van der Waals surface area contributed by atoms with Crippen LogP contribution in [0, 0.1) is 13.8 Å². The molecule has 0 atom stereocenters. The van der Waals surface area contributed by atoms with Crippen LogP contribution in [0.15, 0.2) is 42.5 Å². The van der Waals surface area contributed by atoms with Crippen LogP contribution in [-0.2, 0) is 7.05 Å². The number of rotatable bonds is 6. The molecule has 0 fully saturated rings. The summed E-state index contributed by atoms with van der Waals surface area (Å²) in [5.41, 5.74) is 3.42. The Bertz CT molecular complexity index is 1100. The maximum Gasteiger partial charge on any atom is 0.276 e. The highest BCUT2D eigenvalue weighted by Gasteiger charge is 2.19. The van der Waals surface area contributed by atoms with Gasteiger partial charge >= 0.3 is 0 Å². The fraction of sp³-hybridized carbons (Fsp3) is 0.227. The Morgan fingerprint density at radius 3 is 1.80 bits per heavy atom. The van der Waals surface area contributed by atoms with Crippen LogP contribution in [0.4, 0.5) is 11.4 Å². The van der Waals surface area contributed by atoms with E-state index in [1.165, 1.54) is 10.7 Å². The summed E-state index contributed by atoms with van der Waals surface area (Å²) in [6, 6.07) is 12.2. The van der Waals surface area contributed by atoms with E-state index in [9.17, 15) is 9.59 Å². The summed E-state index contributed by atoms with van der Waals surface area (Å²) in [5, 5.41) is 9.84. The predicted octanol–water partition coefficient (Wildman–Crippen LogP) is 3.56. The second-order valence-corrected chi connectivity index (χ2v) is 6.81. The molecule has 0 radical (unpaired) electrons. The Labute approximate surface area is 174 Å². The third-order valence-electron chi connectivity index (χ3n) is 4.71. The normalized spacial score (nSPS) is 10.4. The van der Waals surface area contributed by atoms with E-state index in [4.69, 9.17) is 9.47 Å². The number of amides is 2. The van der Waals surface area contributed by atoms with Crippen molar-refractivity contribution in [3.8, 4) is 11.5 Å². The van der Waals surface area contributed by atoms with Crippen molar-refractivity contribution in [1.82, 2.24) is 9.78 Å². The minimum atomic E-state index is -0.404. The molecule has 0 bridgehead atoms. The molecule has 30 heavy (non-hydrogen) atoms. The molecule has 156 valence electrons. The summed E-state index contributed by atoms with van der Waals surface area (Å²) in [6.07, 6.45) is 0. The molecule has 8 heteroatoms. The highest BCUT2D eigenvalue weighted by Crippen LogP contribution is 2.23. The van der Waals surface area contributed by atoms with Gasteiger partial charge in [0.2, 0.25) is 0 Å². The van der Waals surface area contributed by atoms with E-state index in [0.29, 0.717) is 22.9 Å². The lowest BCUT2D eigenvalue weighted by Gasteiger charge is -2.09. The van der Waals surface area contributed by atoms with Gasteiger partial charge in [-0.2, -0.15) is 5.10 Å². The lowest BCUT2D eigenvalue weighted by atomic mass is 10.2. The van der Waals surface area contributed by atoms with Gasteiger partial charge in [-0.15, -0.1) is 0 Å². The number of nitrogens with one attached hydrogen (secondary N) is 2. The lowest BCUT2D eigenvalue weighted by molar-refractivity contribution is 0.101. The highest BCUT2D eigenvalue weighted by molar-refractivity contribution is 6.07. The molecular weight excluding hydrogens is 384 g/mol. The fourth-order valence-electron chi connectivity index (χ4n) is 2.97. The standard InChI is InChI=1S/C22H24N4O4/c1-13-10-15(29-4)6-8-17(13)23-21(27)19-12-20(26(3)25-19)22(28)24-18-9-7-16(30-5)11-14(18)2/h6-12H,1-5H3,(H,23,27)(H,24,28). The Hall–Kier alpha value is -3.81. The molecule has 0 aliphatic rings. The minimum Gasteiger partial charge on any atom is -0.497 e. The van der Waals surface area contributed by atoms with Gasteiger partial charge in [-0.3, -0.25) is 14.3 Å². The minimum absolute atomic E-state index is 0.143. The Morgan fingerprint density at radius 1 is 0.833 bits per heavy atom. The molecule has 0 aliphatic carbocycles. The highest BCUT2D eigenvalue weighted by atomic mass is 16.5. The topological polar surface area (TPSA) is 94.5 Å². The van der Waals surface area contributed by atoms with Gasteiger partial charge in [0.05, 0.1) is 14.2 Å².